The monoisotopic (exact) mass is 489 g/mol. The summed E-state index contributed by atoms with van der Waals surface area (Å²) in [7, 11) is 0. The molecule has 1 aliphatic heterocycles. The third-order valence-electron chi connectivity index (χ3n) is 5.82. The van der Waals surface area contributed by atoms with E-state index in [9.17, 15) is 9.59 Å². The molecule has 9 heteroatoms. The lowest BCUT2D eigenvalue weighted by Gasteiger charge is -2.17. The van der Waals surface area contributed by atoms with Gasteiger partial charge in [0.15, 0.2) is 0 Å². The number of nitrogens with two attached hydrogens (primary N) is 1. The Bertz CT molecular complexity index is 1290. The van der Waals surface area contributed by atoms with Gasteiger partial charge in [-0.1, -0.05) is 18.2 Å². The highest BCUT2D eigenvalue weighted by Crippen LogP contribution is 2.36. The first kappa shape index (κ1) is 25.0. The van der Waals surface area contributed by atoms with Crippen LogP contribution in [0.25, 0.3) is 5.69 Å². The van der Waals surface area contributed by atoms with Gasteiger partial charge in [0.1, 0.15) is 17.2 Å². The van der Waals surface area contributed by atoms with Crippen molar-refractivity contribution in [2.45, 2.75) is 45.6 Å². The van der Waals surface area contributed by atoms with Gasteiger partial charge in [-0.05, 0) is 64.4 Å². The molecule has 3 N–H and O–H groups in total. The zero-order valence-electron chi connectivity index (χ0n) is 20.9. The topological polar surface area (TPSA) is 121 Å². The van der Waals surface area contributed by atoms with Crippen LogP contribution >= 0.6 is 0 Å². The van der Waals surface area contributed by atoms with E-state index in [1.165, 1.54) is 0 Å². The van der Waals surface area contributed by atoms with Gasteiger partial charge in [-0.25, -0.2) is 9.48 Å². The molecule has 188 valence electrons. The minimum atomic E-state index is -0.734. The first-order valence-electron chi connectivity index (χ1n) is 11.8. The molecule has 2 amide bonds. The van der Waals surface area contributed by atoms with Gasteiger partial charge in [0.05, 0.1) is 29.7 Å². The summed E-state index contributed by atoms with van der Waals surface area (Å²) in [4.78, 5) is 28.7. The third-order valence-corrected chi connectivity index (χ3v) is 5.82. The van der Waals surface area contributed by atoms with Crippen LogP contribution in [-0.4, -0.2) is 46.4 Å². The van der Waals surface area contributed by atoms with Crippen molar-refractivity contribution in [1.82, 2.24) is 15.1 Å². The summed E-state index contributed by atoms with van der Waals surface area (Å²) in [5.41, 5.74) is 9.21. The largest absolute Gasteiger partial charge is 0.493 e. The van der Waals surface area contributed by atoms with Crippen LogP contribution in [0, 0.1) is 6.92 Å². The average Bonchev–Trinajstić information content (AvgIpc) is 3.41. The van der Waals surface area contributed by atoms with Crippen LogP contribution in [0.3, 0.4) is 0 Å². The number of carbonyl (C=O) groups is 2. The van der Waals surface area contributed by atoms with E-state index >= 15 is 0 Å². The van der Waals surface area contributed by atoms with Crippen LogP contribution in [-0.2, 0) is 4.74 Å². The summed E-state index contributed by atoms with van der Waals surface area (Å²) in [6.07, 6.45) is 1.53. The second kappa shape index (κ2) is 10.2. The van der Waals surface area contributed by atoms with Crippen molar-refractivity contribution in [3.8, 4) is 11.4 Å². The summed E-state index contributed by atoms with van der Waals surface area (Å²) in [5, 5.41) is 7.36. The number of carbonyl (C=O) groups excluding carboxylic acids is 2. The van der Waals surface area contributed by atoms with Crippen molar-refractivity contribution in [3.05, 3.63) is 77.1 Å². The molecule has 0 bridgehead atoms. The van der Waals surface area contributed by atoms with E-state index in [0.29, 0.717) is 30.7 Å². The number of para-hydroxylation sites is 1. The maximum Gasteiger partial charge on any atom is 0.436 e. The van der Waals surface area contributed by atoms with E-state index < -0.39 is 11.7 Å². The fourth-order valence-corrected chi connectivity index (χ4v) is 4.04. The molecule has 1 aromatic heterocycles. The number of aliphatic imine (C=N–C) groups is 1. The highest BCUT2D eigenvalue weighted by atomic mass is 16.6. The second-order valence-corrected chi connectivity index (χ2v) is 9.67. The minimum Gasteiger partial charge on any atom is -0.493 e. The number of nitrogens with zero attached hydrogens (tertiary/aromatic N) is 3. The Labute approximate surface area is 210 Å². The van der Waals surface area contributed by atoms with Crippen molar-refractivity contribution in [3.63, 3.8) is 0 Å². The molecule has 36 heavy (non-hydrogen) atoms. The maximum atomic E-state index is 12.8. The second-order valence-electron chi connectivity index (χ2n) is 9.67. The van der Waals surface area contributed by atoms with Crippen molar-refractivity contribution < 1.29 is 19.1 Å². The van der Waals surface area contributed by atoms with E-state index in [0.717, 1.165) is 22.7 Å². The molecule has 2 aromatic carbocycles. The fourth-order valence-electron chi connectivity index (χ4n) is 4.04. The number of nitrogens with one attached hydrogen (secondary N) is 1. The van der Waals surface area contributed by atoms with E-state index in [2.05, 4.69) is 15.4 Å². The number of amidine groups is 1. The predicted octanol–water partition coefficient (Wildman–Crippen LogP) is 4.12. The number of hydrogen-bond acceptors (Lipinski definition) is 5. The Kier molecular flexibility index (Phi) is 7.10. The highest BCUT2D eigenvalue weighted by molar-refractivity contribution is 6.03. The Morgan fingerprint density at radius 2 is 1.97 bits per heavy atom. The quantitative estimate of drug-likeness (QED) is 0.397. The Morgan fingerprint density at radius 3 is 2.69 bits per heavy atom. The van der Waals surface area contributed by atoms with Gasteiger partial charge in [-0.3, -0.25) is 4.79 Å². The molecule has 1 aliphatic rings. The van der Waals surface area contributed by atoms with Gasteiger partial charge >= 0.3 is 6.09 Å². The molecule has 3 aromatic rings. The SMILES string of the molecule is Cc1c(C(=O)NCCC2COc3ccc(C(N)=NC(=O)OC(C)(C)C)cc32)cnn1-c1ccccc1. The molecule has 0 spiro atoms. The molecule has 2 heterocycles. The standard InChI is InChI=1S/C27H31N5O4/c1-17-22(15-30-32(17)20-8-6-5-7-9-20)25(33)29-13-12-19-16-35-23-11-10-18(14-21(19)23)24(28)31-26(34)36-27(2,3)4/h5-11,14-15,19H,12-13,16H2,1-4H3,(H,29,33)(H2,28,31,34). The number of benzene rings is 2. The van der Waals surface area contributed by atoms with Crippen LogP contribution < -0.4 is 15.8 Å². The lowest BCUT2D eigenvalue weighted by Crippen LogP contribution is -2.26. The number of rotatable bonds is 6. The van der Waals surface area contributed by atoms with E-state index in [4.69, 9.17) is 15.2 Å². The fraction of sp³-hybridized carbons (Fsp3) is 0.333. The number of amides is 2. The zero-order chi connectivity index (χ0) is 25.9. The van der Waals surface area contributed by atoms with Crippen molar-refractivity contribution >= 4 is 17.8 Å². The lowest BCUT2D eigenvalue weighted by atomic mass is 9.96. The summed E-state index contributed by atoms with van der Waals surface area (Å²) in [6.45, 7) is 8.15. The van der Waals surface area contributed by atoms with Crippen LogP contribution in [0.5, 0.6) is 5.75 Å². The number of ether oxygens (including phenoxy) is 2. The molecular weight excluding hydrogens is 458 g/mol. The van der Waals surface area contributed by atoms with E-state index in [1.807, 2.05) is 49.4 Å². The Morgan fingerprint density at radius 1 is 1.22 bits per heavy atom. The van der Waals surface area contributed by atoms with Crippen molar-refractivity contribution in [1.29, 1.82) is 0 Å². The summed E-state index contributed by atoms with van der Waals surface area (Å²) < 4.78 is 12.8. The highest BCUT2D eigenvalue weighted by Gasteiger charge is 2.25. The number of hydrogen-bond donors (Lipinski definition) is 2. The summed E-state index contributed by atoms with van der Waals surface area (Å²) >= 11 is 0. The molecule has 0 radical (unpaired) electrons. The first-order valence-corrected chi connectivity index (χ1v) is 11.8. The van der Waals surface area contributed by atoms with Crippen LogP contribution in [0.4, 0.5) is 4.79 Å². The van der Waals surface area contributed by atoms with Crippen molar-refractivity contribution in [2.75, 3.05) is 13.2 Å². The van der Waals surface area contributed by atoms with Gasteiger partial charge in [0, 0.05) is 23.6 Å². The van der Waals surface area contributed by atoms with E-state index in [1.54, 1.807) is 37.7 Å². The zero-order valence-corrected chi connectivity index (χ0v) is 20.9. The normalized spacial score (nSPS) is 15.2. The first-order chi connectivity index (χ1) is 17.1. The van der Waals surface area contributed by atoms with Crippen LogP contribution in [0.1, 0.15) is 60.3 Å². The lowest BCUT2D eigenvalue weighted by molar-refractivity contribution is 0.0604. The molecule has 9 nitrogen and oxygen atoms in total. The average molecular weight is 490 g/mol. The van der Waals surface area contributed by atoms with Gasteiger partial charge < -0.3 is 20.5 Å². The predicted molar refractivity (Wildman–Crippen MR) is 137 cm³/mol. The Hall–Kier alpha value is -4.14. The molecule has 1 unspecified atom stereocenters. The number of fused-ring (bicyclic) bond motifs is 1. The number of aromatic nitrogens is 2. The molecule has 0 saturated carbocycles. The molecule has 4 rings (SSSR count). The third kappa shape index (κ3) is 5.73. The summed E-state index contributed by atoms with van der Waals surface area (Å²) in [5.74, 6) is 0.746. The Balaban J connectivity index is 1.38. The summed E-state index contributed by atoms with van der Waals surface area (Å²) in [6, 6.07) is 15.1. The minimum absolute atomic E-state index is 0.0720. The molecule has 0 saturated heterocycles. The van der Waals surface area contributed by atoms with Crippen LogP contribution in [0.2, 0.25) is 0 Å². The van der Waals surface area contributed by atoms with Crippen LogP contribution in [0.15, 0.2) is 59.7 Å². The van der Waals surface area contributed by atoms with E-state index in [-0.39, 0.29) is 17.7 Å². The molecule has 0 fully saturated rings. The van der Waals surface area contributed by atoms with Gasteiger partial charge in [0.25, 0.3) is 5.91 Å². The maximum absolute atomic E-state index is 12.8. The van der Waals surface area contributed by atoms with Gasteiger partial charge in [-0.15, -0.1) is 0 Å². The molecule has 1 atom stereocenters. The van der Waals surface area contributed by atoms with Gasteiger partial charge in [-0.2, -0.15) is 10.1 Å². The van der Waals surface area contributed by atoms with Gasteiger partial charge in [0.2, 0.25) is 0 Å². The smallest absolute Gasteiger partial charge is 0.436 e. The molecular formula is C27H31N5O4. The molecule has 0 aliphatic carbocycles. The van der Waals surface area contributed by atoms with Crippen molar-refractivity contribution in [2.24, 2.45) is 10.7 Å².